The quantitative estimate of drug-likeness (QED) is 0.329. The van der Waals surface area contributed by atoms with Crippen LogP contribution in [0, 0.1) is 17.0 Å². The van der Waals surface area contributed by atoms with Crippen LogP contribution in [0.3, 0.4) is 0 Å². The predicted molar refractivity (Wildman–Crippen MR) is 104 cm³/mol. The Balaban J connectivity index is 2.00. The highest BCUT2D eigenvalue weighted by atomic mass is 79.9. The Kier molecular flexibility index (Phi) is 4.92. The first kappa shape index (κ1) is 18.3. The number of aryl methyl sites for hydroxylation is 1. The molecule has 7 nitrogen and oxygen atoms in total. The summed E-state index contributed by atoms with van der Waals surface area (Å²) >= 11 is 6.65. The lowest BCUT2D eigenvalue weighted by Gasteiger charge is -2.07. The number of anilines is 1. The minimum absolute atomic E-state index is 0.0595. The van der Waals surface area contributed by atoms with Gasteiger partial charge in [0.15, 0.2) is 5.58 Å². The Morgan fingerprint density at radius 1 is 1.19 bits per heavy atom. The van der Waals surface area contributed by atoms with Crippen LogP contribution in [0.25, 0.3) is 11.0 Å². The van der Waals surface area contributed by atoms with Gasteiger partial charge in [0.2, 0.25) is 0 Å². The van der Waals surface area contributed by atoms with E-state index in [9.17, 15) is 19.7 Å². The molecule has 0 unspecified atom stereocenters. The molecule has 9 heteroatoms. The molecule has 1 amide bonds. The van der Waals surface area contributed by atoms with Gasteiger partial charge in [0.25, 0.3) is 11.6 Å². The standard InChI is InChI=1S/C17H10Br2N2O5/c1-8-2-3-9(6-14(8)21(24)25)16(22)20-13-5-10-4-11(18)7-12(19)15(10)26-17(13)23/h2-7H,1H3,(H,20,22). The number of nitro benzene ring substituents is 1. The molecule has 0 fully saturated rings. The number of fused-ring (bicyclic) bond motifs is 1. The van der Waals surface area contributed by atoms with E-state index >= 15 is 0 Å². The number of nitro groups is 1. The van der Waals surface area contributed by atoms with Crippen LogP contribution in [0.4, 0.5) is 11.4 Å². The summed E-state index contributed by atoms with van der Waals surface area (Å²) in [5.74, 6) is -0.645. The summed E-state index contributed by atoms with van der Waals surface area (Å²) in [4.78, 5) is 35.0. The van der Waals surface area contributed by atoms with Crippen LogP contribution < -0.4 is 10.9 Å². The third-order valence-corrected chi connectivity index (χ3v) is 4.71. The van der Waals surface area contributed by atoms with Crippen LogP contribution in [0.5, 0.6) is 0 Å². The lowest BCUT2D eigenvalue weighted by molar-refractivity contribution is -0.385. The molecule has 1 N–H and O–H groups in total. The zero-order chi connectivity index (χ0) is 19.0. The summed E-state index contributed by atoms with van der Waals surface area (Å²) in [7, 11) is 0. The van der Waals surface area contributed by atoms with Gasteiger partial charge < -0.3 is 9.73 Å². The fourth-order valence-electron chi connectivity index (χ4n) is 2.39. The topological polar surface area (TPSA) is 102 Å². The maximum Gasteiger partial charge on any atom is 0.360 e. The summed E-state index contributed by atoms with van der Waals surface area (Å²) < 4.78 is 6.60. The molecule has 0 spiro atoms. The van der Waals surface area contributed by atoms with E-state index in [1.165, 1.54) is 24.3 Å². The summed E-state index contributed by atoms with van der Waals surface area (Å²) in [6.07, 6.45) is 0. The fourth-order valence-corrected chi connectivity index (χ4v) is 3.73. The molecule has 0 saturated heterocycles. The molecule has 0 aliphatic rings. The van der Waals surface area contributed by atoms with Crippen molar-refractivity contribution in [1.29, 1.82) is 0 Å². The first-order chi connectivity index (χ1) is 12.3. The maximum atomic E-state index is 12.4. The van der Waals surface area contributed by atoms with Crippen molar-refractivity contribution in [2.24, 2.45) is 0 Å². The van der Waals surface area contributed by atoms with E-state index in [0.29, 0.717) is 21.0 Å². The Labute approximate surface area is 163 Å². The number of benzene rings is 2. The van der Waals surface area contributed by atoms with Gasteiger partial charge in [0.1, 0.15) is 5.69 Å². The van der Waals surface area contributed by atoms with E-state index in [2.05, 4.69) is 37.2 Å². The number of hydrogen-bond donors (Lipinski definition) is 1. The largest absolute Gasteiger partial charge is 0.420 e. The van der Waals surface area contributed by atoms with Crippen LogP contribution in [-0.4, -0.2) is 10.8 Å². The van der Waals surface area contributed by atoms with E-state index in [1.54, 1.807) is 19.1 Å². The molecular formula is C17H10Br2N2O5. The van der Waals surface area contributed by atoms with Crippen LogP contribution in [-0.2, 0) is 0 Å². The van der Waals surface area contributed by atoms with Crippen molar-refractivity contribution in [1.82, 2.24) is 0 Å². The van der Waals surface area contributed by atoms with E-state index in [0.717, 1.165) is 4.47 Å². The first-order valence-corrected chi connectivity index (χ1v) is 8.84. The monoisotopic (exact) mass is 480 g/mol. The van der Waals surface area contributed by atoms with Gasteiger partial charge in [-0.05, 0) is 47.1 Å². The molecule has 0 saturated carbocycles. The van der Waals surface area contributed by atoms with Crippen molar-refractivity contribution in [3.63, 3.8) is 0 Å². The Bertz CT molecular complexity index is 1120. The van der Waals surface area contributed by atoms with Gasteiger partial charge in [-0.25, -0.2) is 4.79 Å². The number of halogens is 2. The van der Waals surface area contributed by atoms with Crippen molar-refractivity contribution in [2.45, 2.75) is 6.92 Å². The van der Waals surface area contributed by atoms with E-state index < -0.39 is 16.5 Å². The summed E-state index contributed by atoms with van der Waals surface area (Å²) in [6, 6.07) is 9.04. The molecule has 0 bridgehead atoms. The average molecular weight is 482 g/mol. The molecule has 132 valence electrons. The highest BCUT2D eigenvalue weighted by molar-refractivity contribution is 9.11. The second kappa shape index (κ2) is 7.00. The highest BCUT2D eigenvalue weighted by Crippen LogP contribution is 2.29. The van der Waals surface area contributed by atoms with Gasteiger partial charge in [-0.3, -0.25) is 14.9 Å². The van der Waals surface area contributed by atoms with E-state index in [4.69, 9.17) is 4.42 Å². The minimum atomic E-state index is -0.726. The van der Waals surface area contributed by atoms with Crippen molar-refractivity contribution in [2.75, 3.05) is 5.32 Å². The lowest BCUT2D eigenvalue weighted by atomic mass is 10.1. The third kappa shape index (κ3) is 3.54. The fraction of sp³-hybridized carbons (Fsp3) is 0.0588. The molecule has 0 radical (unpaired) electrons. The number of carbonyl (C=O) groups excluding carboxylic acids is 1. The highest BCUT2D eigenvalue weighted by Gasteiger charge is 2.17. The molecule has 1 heterocycles. The third-order valence-electron chi connectivity index (χ3n) is 3.67. The van der Waals surface area contributed by atoms with Crippen LogP contribution in [0.15, 0.2) is 54.6 Å². The van der Waals surface area contributed by atoms with Gasteiger partial charge in [0.05, 0.1) is 9.40 Å². The number of amides is 1. The minimum Gasteiger partial charge on any atom is -0.420 e. The molecule has 3 rings (SSSR count). The molecule has 3 aromatic rings. The molecule has 0 aliphatic heterocycles. The van der Waals surface area contributed by atoms with Gasteiger partial charge in [-0.1, -0.05) is 22.0 Å². The number of rotatable bonds is 3. The zero-order valence-corrected chi connectivity index (χ0v) is 16.4. The molecule has 0 aliphatic carbocycles. The number of nitrogens with zero attached hydrogens (tertiary/aromatic N) is 1. The maximum absolute atomic E-state index is 12.4. The summed E-state index contributed by atoms with van der Waals surface area (Å²) in [6.45, 7) is 1.58. The summed E-state index contributed by atoms with van der Waals surface area (Å²) in [5.41, 5.74) is -0.104. The normalized spacial score (nSPS) is 10.7. The average Bonchev–Trinajstić information content (AvgIpc) is 2.56. The van der Waals surface area contributed by atoms with E-state index in [-0.39, 0.29) is 16.9 Å². The Morgan fingerprint density at radius 3 is 2.62 bits per heavy atom. The number of nitrogens with one attached hydrogen (secondary N) is 1. The number of carbonyl (C=O) groups is 1. The molecule has 26 heavy (non-hydrogen) atoms. The van der Waals surface area contributed by atoms with Gasteiger partial charge in [-0.15, -0.1) is 0 Å². The van der Waals surface area contributed by atoms with Gasteiger partial charge in [0, 0.05) is 27.1 Å². The van der Waals surface area contributed by atoms with E-state index in [1.807, 2.05) is 0 Å². The van der Waals surface area contributed by atoms with Gasteiger partial charge in [-0.2, -0.15) is 0 Å². The SMILES string of the molecule is Cc1ccc(C(=O)Nc2cc3cc(Br)cc(Br)c3oc2=O)cc1[N+](=O)[O-]. The summed E-state index contributed by atoms with van der Waals surface area (Å²) in [5, 5.41) is 14.1. The van der Waals surface area contributed by atoms with Crippen molar-refractivity contribution >= 4 is 60.1 Å². The Morgan fingerprint density at radius 2 is 1.92 bits per heavy atom. The molecule has 2 aromatic carbocycles. The number of hydrogen-bond acceptors (Lipinski definition) is 5. The van der Waals surface area contributed by atoms with Crippen molar-refractivity contribution in [3.05, 3.63) is 77.0 Å². The van der Waals surface area contributed by atoms with Crippen LogP contribution in [0.1, 0.15) is 15.9 Å². The van der Waals surface area contributed by atoms with Crippen LogP contribution in [0.2, 0.25) is 0 Å². The molecular weight excluding hydrogens is 472 g/mol. The second-order valence-corrected chi connectivity index (χ2v) is 7.24. The Hall–Kier alpha value is -2.52. The first-order valence-electron chi connectivity index (χ1n) is 7.25. The smallest absolute Gasteiger partial charge is 0.360 e. The predicted octanol–water partition coefficient (Wildman–Crippen LogP) is 4.79. The zero-order valence-electron chi connectivity index (χ0n) is 13.2. The lowest BCUT2D eigenvalue weighted by Crippen LogP contribution is -2.18. The molecule has 1 aromatic heterocycles. The molecule has 0 atom stereocenters. The van der Waals surface area contributed by atoms with Crippen molar-refractivity contribution < 1.29 is 14.1 Å². The van der Waals surface area contributed by atoms with Crippen molar-refractivity contribution in [3.8, 4) is 0 Å². The van der Waals surface area contributed by atoms with Gasteiger partial charge >= 0.3 is 5.63 Å². The van der Waals surface area contributed by atoms with Crippen LogP contribution >= 0.6 is 31.9 Å². The second-order valence-electron chi connectivity index (χ2n) is 5.47.